The molecular formula is C20H18FN3O3. The van der Waals surface area contributed by atoms with Crippen molar-refractivity contribution >= 4 is 29.5 Å². The highest BCUT2D eigenvalue weighted by Crippen LogP contribution is 2.37. The van der Waals surface area contributed by atoms with Crippen LogP contribution in [0.5, 0.6) is 5.75 Å². The summed E-state index contributed by atoms with van der Waals surface area (Å²) in [6.07, 6.45) is 4.76. The number of aliphatic imine (C=N–C) groups is 1. The van der Waals surface area contributed by atoms with Crippen LogP contribution in [0.2, 0.25) is 0 Å². The first-order valence-corrected chi connectivity index (χ1v) is 8.21. The number of H-pyrrole nitrogens is 1. The van der Waals surface area contributed by atoms with Crippen molar-refractivity contribution in [2.45, 2.75) is 0 Å². The van der Waals surface area contributed by atoms with E-state index in [2.05, 4.69) is 27.1 Å². The minimum atomic E-state index is -0.549. The van der Waals surface area contributed by atoms with Gasteiger partial charge in [0.05, 0.1) is 42.2 Å². The molecule has 0 aliphatic carbocycles. The predicted octanol–water partition coefficient (Wildman–Crippen LogP) is 2.32. The minimum Gasteiger partial charge on any atom is -0.495 e. The van der Waals surface area contributed by atoms with Crippen LogP contribution < -0.4 is 10.1 Å². The van der Waals surface area contributed by atoms with Gasteiger partial charge in [-0.25, -0.2) is 4.39 Å². The number of ether oxygens (including phenoxy) is 1. The topological polar surface area (TPSA) is 86.7 Å². The number of anilines is 1. The molecule has 0 fully saturated rings. The van der Waals surface area contributed by atoms with Gasteiger partial charge in [0.1, 0.15) is 11.6 Å². The van der Waals surface area contributed by atoms with Gasteiger partial charge in [0.2, 0.25) is 0 Å². The van der Waals surface area contributed by atoms with Crippen molar-refractivity contribution < 1.29 is 19.0 Å². The molecule has 2 heterocycles. The lowest BCUT2D eigenvalue weighted by Crippen LogP contribution is -2.05. The third-order valence-corrected chi connectivity index (χ3v) is 4.07. The molecule has 0 saturated heterocycles. The number of aromatic amines is 1. The molecule has 2 aromatic rings. The van der Waals surface area contributed by atoms with Crippen molar-refractivity contribution in [2.24, 2.45) is 10.9 Å². The smallest absolute Gasteiger partial charge is 0.256 e. The number of rotatable bonds is 4. The molecule has 1 unspecified atom stereocenters. The number of hydrogen-bond acceptors (Lipinski definition) is 4. The standard InChI is InChI=1S/C20H18FN3O3/c1-22-10-12(11-25)3-4-13-15(21)5-6-16-19(13)14(20(26)24-16)9-17-18(27-2)7-8-23-17/h5-10,12,23,25H,11H2,1-2H3,(H,24,26)/b14-9-,22-10-. The lowest BCUT2D eigenvalue weighted by Gasteiger charge is -2.05. The number of methoxy groups -OCH3 is 1. The molecule has 1 aromatic carbocycles. The molecule has 0 spiro atoms. The van der Waals surface area contributed by atoms with E-state index in [0.717, 1.165) is 0 Å². The maximum atomic E-state index is 14.5. The van der Waals surface area contributed by atoms with E-state index in [-0.39, 0.29) is 23.7 Å². The van der Waals surface area contributed by atoms with Gasteiger partial charge in [-0.15, -0.1) is 0 Å². The molecule has 1 aliphatic heterocycles. The van der Waals surface area contributed by atoms with E-state index in [1.165, 1.54) is 25.5 Å². The average Bonchev–Trinajstić information content (AvgIpc) is 3.24. The van der Waals surface area contributed by atoms with Crippen LogP contribution in [0.4, 0.5) is 10.1 Å². The van der Waals surface area contributed by atoms with Gasteiger partial charge in [-0.2, -0.15) is 0 Å². The molecule has 7 heteroatoms. The van der Waals surface area contributed by atoms with E-state index in [9.17, 15) is 14.3 Å². The Morgan fingerprint density at radius 2 is 2.22 bits per heavy atom. The molecule has 1 atom stereocenters. The zero-order chi connectivity index (χ0) is 19.4. The molecule has 0 radical (unpaired) electrons. The second-order valence-electron chi connectivity index (χ2n) is 5.78. The summed E-state index contributed by atoms with van der Waals surface area (Å²) in [5.41, 5.74) is 1.82. The number of nitrogens with zero attached hydrogens (tertiary/aromatic N) is 1. The first-order chi connectivity index (χ1) is 13.1. The Labute approximate surface area is 155 Å². The number of aromatic nitrogens is 1. The second kappa shape index (κ2) is 7.89. The number of benzene rings is 1. The van der Waals surface area contributed by atoms with Gasteiger partial charge in [0.15, 0.2) is 0 Å². The van der Waals surface area contributed by atoms with Crippen LogP contribution in [-0.2, 0) is 4.79 Å². The number of nitrogens with one attached hydrogen (secondary N) is 2. The van der Waals surface area contributed by atoms with E-state index in [1.54, 1.807) is 25.4 Å². The van der Waals surface area contributed by atoms with Gasteiger partial charge < -0.3 is 20.1 Å². The molecule has 1 amide bonds. The Kier molecular flexibility index (Phi) is 5.38. The lowest BCUT2D eigenvalue weighted by atomic mass is 9.98. The van der Waals surface area contributed by atoms with Gasteiger partial charge in [-0.05, 0) is 24.3 Å². The van der Waals surface area contributed by atoms with E-state index in [0.29, 0.717) is 22.7 Å². The van der Waals surface area contributed by atoms with Crippen molar-refractivity contribution in [1.82, 2.24) is 4.98 Å². The van der Waals surface area contributed by atoms with E-state index in [4.69, 9.17) is 4.74 Å². The fraction of sp³-hybridized carbons (Fsp3) is 0.200. The van der Waals surface area contributed by atoms with E-state index < -0.39 is 11.7 Å². The summed E-state index contributed by atoms with van der Waals surface area (Å²) in [5, 5.41) is 12.1. The number of carbonyl (C=O) groups excluding carboxylic acids is 1. The summed E-state index contributed by atoms with van der Waals surface area (Å²) < 4.78 is 19.8. The molecule has 0 bridgehead atoms. The van der Waals surface area contributed by atoms with Gasteiger partial charge in [0.25, 0.3) is 5.91 Å². The summed E-state index contributed by atoms with van der Waals surface area (Å²) in [5.74, 6) is 4.68. The van der Waals surface area contributed by atoms with Crippen LogP contribution in [0.25, 0.3) is 11.6 Å². The highest BCUT2D eigenvalue weighted by molar-refractivity contribution is 6.35. The molecule has 1 aromatic heterocycles. The molecule has 27 heavy (non-hydrogen) atoms. The maximum absolute atomic E-state index is 14.5. The quantitative estimate of drug-likeness (QED) is 0.440. The van der Waals surface area contributed by atoms with E-state index in [1.807, 2.05) is 0 Å². The highest BCUT2D eigenvalue weighted by atomic mass is 19.1. The predicted molar refractivity (Wildman–Crippen MR) is 102 cm³/mol. The van der Waals surface area contributed by atoms with Gasteiger partial charge in [-0.1, -0.05) is 11.8 Å². The molecule has 138 valence electrons. The Hall–Kier alpha value is -3.37. The maximum Gasteiger partial charge on any atom is 0.256 e. The van der Waals surface area contributed by atoms with Crippen molar-refractivity contribution in [3.63, 3.8) is 0 Å². The fourth-order valence-corrected chi connectivity index (χ4v) is 2.80. The summed E-state index contributed by atoms with van der Waals surface area (Å²) in [7, 11) is 3.09. The number of halogens is 1. The minimum absolute atomic E-state index is 0.0885. The van der Waals surface area contributed by atoms with Gasteiger partial charge >= 0.3 is 0 Å². The molecule has 3 rings (SSSR count). The number of aliphatic hydroxyl groups excluding tert-OH is 1. The van der Waals surface area contributed by atoms with Crippen LogP contribution in [0.15, 0.2) is 29.4 Å². The SMILES string of the molecule is C/N=C\C(C#Cc1c(F)ccc2c1/C(=C/c1[nH]ccc1OC)C(=O)N2)CO. The van der Waals surface area contributed by atoms with Crippen LogP contribution in [-0.4, -0.2) is 43.0 Å². The van der Waals surface area contributed by atoms with Crippen LogP contribution in [0, 0.1) is 23.6 Å². The number of aliphatic hydroxyl groups is 1. The highest BCUT2D eigenvalue weighted by Gasteiger charge is 2.29. The van der Waals surface area contributed by atoms with Crippen LogP contribution in [0.1, 0.15) is 16.8 Å². The molecule has 3 N–H and O–H groups in total. The summed E-state index contributed by atoms with van der Waals surface area (Å²) >= 11 is 0. The zero-order valence-corrected chi connectivity index (χ0v) is 14.8. The van der Waals surface area contributed by atoms with Gasteiger partial charge in [0, 0.05) is 25.0 Å². The molecule has 1 aliphatic rings. The summed E-state index contributed by atoms with van der Waals surface area (Å²) in [6, 6.07) is 4.48. The third kappa shape index (κ3) is 3.61. The summed E-state index contributed by atoms with van der Waals surface area (Å²) in [6.45, 7) is -0.236. The number of hydrogen-bond donors (Lipinski definition) is 3. The van der Waals surface area contributed by atoms with Crippen LogP contribution in [0.3, 0.4) is 0 Å². The second-order valence-corrected chi connectivity index (χ2v) is 5.78. The number of carbonyl (C=O) groups is 1. The molecule has 0 saturated carbocycles. The van der Waals surface area contributed by atoms with Crippen LogP contribution >= 0.6 is 0 Å². The average molecular weight is 367 g/mol. The Morgan fingerprint density at radius 3 is 2.93 bits per heavy atom. The van der Waals surface area contributed by atoms with E-state index >= 15 is 0 Å². The monoisotopic (exact) mass is 367 g/mol. The summed E-state index contributed by atoms with van der Waals surface area (Å²) in [4.78, 5) is 19.3. The third-order valence-electron chi connectivity index (χ3n) is 4.07. The molecule has 6 nitrogen and oxygen atoms in total. The zero-order valence-electron chi connectivity index (χ0n) is 14.8. The Morgan fingerprint density at radius 1 is 1.41 bits per heavy atom. The van der Waals surface area contributed by atoms with Crippen molar-refractivity contribution in [2.75, 3.05) is 26.1 Å². The van der Waals surface area contributed by atoms with Gasteiger partial charge in [-0.3, -0.25) is 9.79 Å². The fourth-order valence-electron chi connectivity index (χ4n) is 2.80. The number of amides is 1. The largest absolute Gasteiger partial charge is 0.495 e. The lowest BCUT2D eigenvalue weighted by molar-refractivity contribution is -0.110. The number of fused-ring (bicyclic) bond motifs is 1. The van der Waals surface area contributed by atoms with Crippen molar-refractivity contribution in [1.29, 1.82) is 0 Å². The molecular weight excluding hydrogens is 349 g/mol. The normalized spacial score (nSPS) is 15.4. The van der Waals surface area contributed by atoms with Crippen molar-refractivity contribution in [3.05, 3.63) is 47.0 Å². The Balaban J connectivity index is 2.14. The first-order valence-electron chi connectivity index (χ1n) is 8.21. The first kappa shape index (κ1) is 18.4. The Bertz CT molecular complexity index is 996. The van der Waals surface area contributed by atoms with Crippen molar-refractivity contribution in [3.8, 4) is 17.6 Å².